The zero-order chi connectivity index (χ0) is 15.4. The molecule has 2 aromatic carbocycles. The molecule has 0 heterocycles. The minimum atomic E-state index is -0.580. The lowest BCUT2D eigenvalue weighted by Crippen LogP contribution is -2.13. The van der Waals surface area contributed by atoms with Crippen molar-refractivity contribution in [3.63, 3.8) is 0 Å². The molecule has 0 unspecified atom stereocenters. The van der Waals surface area contributed by atoms with Crippen molar-refractivity contribution in [3.8, 4) is 5.75 Å². The molecule has 0 aliphatic rings. The number of para-hydroxylation sites is 1. The minimum Gasteiger partial charge on any atom is -0.490 e. The minimum absolute atomic E-state index is 0.118. The molecule has 0 saturated carbocycles. The van der Waals surface area contributed by atoms with E-state index in [1.807, 2.05) is 19.1 Å². The van der Waals surface area contributed by atoms with E-state index in [1.165, 1.54) is 25.3 Å². The molecule has 2 aromatic rings. The second-order valence-electron chi connectivity index (χ2n) is 4.41. The van der Waals surface area contributed by atoms with Gasteiger partial charge in [0.2, 0.25) is 0 Å². The molecule has 6 heteroatoms. The van der Waals surface area contributed by atoms with Crippen LogP contribution >= 0.6 is 0 Å². The lowest BCUT2D eigenvalue weighted by Gasteiger charge is -2.08. The van der Waals surface area contributed by atoms with E-state index in [2.05, 4.69) is 5.32 Å². The van der Waals surface area contributed by atoms with Gasteiger partial charge in [0.15, 0.2) is 5.75 Å². The lowest BCUT2D eigenvalue weighted by molar-refractivity contribution is -0.385. The number of carbonyl (C=O) groups excluding carboxylic acids is 1. The summed E-state index contributed by atoms with van der Waals surface area (Å²) in [6, 6.07) is 11.4. The highest BCUT2D eigenvalue weighted by molar-refractivity contribution is 6.05. The van der Waals surface area contributed by atoms with Gasteiger partial charge in [0.25, 0.3) is 5.91 Å². The van der Waals surface area contributed by atoms with Crippen LogP contribution in [-0.2, 0) is 0 Å². The van der Waals surface area contributed by atoms with Gasteiger partial charge in [0.1, 0.15) is 0 Å². The standard InChI is InChI=1S/C15H14N2O4/c1-10-5-3-4-6-12(10)16-15(18)11-7-8-14(21-2)13(9-11)17(19)20/h3-9H,1-2H3,(H,16,18). The molecule has 21 heavy (non-hydrogen) atoms. The number of hydrogen-bond acceptors (Lipinski definition) is 4. The SMILES string of the molecule is COc1ccc(C(=O)Nc2ccccc2C)cc1[N+](=O)[O-]. The third-order valence-corrected chi connectivity index (χ3v) is 3.03. The van der Waals surface area contributed by atoms with Crippen molar-refractivity contribution in [1.29, 1.82) is 0 Å². The first kappa shape index (κ1) is 14.5. The molecular formula is C15H14N2O4. The summed E-state index contributed by atoms with van der Waals surface area (Å²) >= 11 is 0. The Balaban J connectivity index is 2.30. The van der Waals surface area contributed by atoms with Gasteiger partial charge in [-0.05, 0) is 30.7 Å². The van der Waals surface area contributed by atoms with Gasteiger partial charge in [-0.25, -0.2) is 0 Å². The van der Waals surface area contributed by atoms with Crippen molar-refractivity contribution in [2.75, 3.05) is 12.4 Å². The summed E-state index contributed by atoms with van der Waals surface area (Å²) in [5.74, 6) is -0.289. The van der Waals surface area contributed by atoms with E-state index in [-0.39, 0.29) is 17.0 Å². The first-order valence-corrected chi connectivity index (χ1v) is 6.22. The second-order valence-corrected chi connectivity index (χ2v) is 4.41. The molecule has 0 saturated heterocycles. The number of ether oxygens (including phenoxy) is 1. The molecule has 0 radical (unpaired) electrons. The number of nitrogens with zero attached hydrogens (tertiary/aromatic N) is 1. The van der Waals surface area contributed by atoms with Gasteiger partial charge < -0.3 is 10.1 Å². The molecule has 0 spiro atoms. The van der Waals surface area contributed by atoms with Crippen LogP contribution in [0.5, 0.6) is 5.75 Å². The highest BCUT2D eigenvalue weighted by Crippen LogP contribution is 2.28. The van der Waals surface area contributed by atoms with Gasteiger partial charge >= 0.3 is 5.69 Å². The number of rotatable bonds is 4. The fourth-order valence-electron chi connectivity index (χ4n) is 1.88. The van der Waals surface area contributed by atoms with Gasteiger partial charge in [0.05, 0.1) is 12.0 Å². The topological polar surface area (TPSA) is 81.5 Å². The number of anilines is 1. The van der Waals surface area contributed by atoms with Crippen molar-refractivity contribution < 1.29 is 14.5 Å². The van der Waals surface area contributed by atoms with Crippen LogP contribution in [0.3, 0.4) is 0 Å². The molecule has 0 atom stereocenters. The van der Waals surface area contributed by atoms with Crippen molar-refractivity contribution in [1.82, 2.24) is 0 Å². The van der Waals surface area contributed by atoms with E-state index in [4.69, 9.17) is 4.74 Å². The molecule has 1 amide bonds. The van der Waals surface area contributed by atoms with Crippen molar-refractivity contribution >= 4 is 17.3 Å². The number of hydrogen-bond donors (Lipinski definition) is 1. The van der Waals surface area contributed by atoms with Gasteiger partial charge in [-0.3, -0.25) is 14.9 Å². The molecule has 6 nitrogen and oxygen atoms in total. The van der Waals surface area contributed by atoms with E-state index in [9.17, 15) is 14.9 Å². The van der Waals surface area contributed by atoms with E-state index in [0.29, 0.717) is 5.69 Å². The monoisotopic (exact) mass is 286 g/mol. The molecule has 0 aliphatic heterocycles. The maximum atomic E-state index is 12.2. The fraction of sp³-hybridized carbons (Fsp3) is 0.133. The summed E-state index contributed by atoms with van der Waals surface area (Å²) in [7, 11) is 1.34. The van der Waals surface area contributed by atoms with Crippen LogP contribution in [-0.4, -0.2) is 17.9 Å². The van der Waals surface area contributed by atoms with Crippen LogP contribution in [0.2, 0.25) is 0 Å². The molecule has 108 valence electrons. The van der Waals surface area contributed by atoms with E-state index < -0.39 is 10.8 Å². The summed E-state index contributed by atoms with van der Waals surface area (Å²) in [5, 5.41) is 13.7. The van der Waals surface area contributed by atoms with Gasteiger partial charge in [-0.1, -0.05) is 18.2 Å². The van der Waals surface area contributed by atoms with Crippen molar-refractivity contribution in [2.24, 2.45) is 0 Å². The van der Waals surface area contributed by atoms with E-state index in [1.54, 1.807) is 12.1 Å². The largest absolute Gasteiger partial charge is 0.490 e. The average molecular weight is 286 g/mol. The summed E-state index contributed by atoms with van der Waals surface area (Å²) in [6.45, 7) is 1.87. The summed E-state index contributed by atoms with van der Waals surface area (Å²) in [5.41, 5.74) is 1.54. The fourth-order valence-corrected chi connectivity index (χ4v) is 1.88. The van der Waals surface area contributed by atoms with E-state index in [0.717, 1.165) is 5.56 Å². The first-order chi connectivity index (χ1) is 10.0. The van der Waals surface area contributed by atoms with Crippen LogP contribution in [0.4, 0.5) is 11.4 Å². The summed E-state index contributed by atoms with van der Waals surface area (Å²) in [6.07, 6.45) is 0. The maximum Gasteiger partial charge on any atom is 0.311 e. The molecule has 0 aromatic heterocycles. The summed E-state index contributed by atoms with van der Waals surface area (Å²) < 4.78 is 4.91. The molecule has 2 rings (SSSR count). The Morgan fingerprint density at radius 1 is 1.24 bits per heavy atom. The van der Waals surface area contributed by atoms with Crippen LogP contribution in [0.25, 0.3) is 0 Å². The van der Waals surface area contributed by atoms with Crippen LogP contribution in [0, 0.1) is 17.0 Å². The van der Waals surface area contributed by atoms with Crippen LogP contribution < -0.4 is 10.1 Å². The Morgan fingerprint density at radius 2 is 1.95 bits per heavy atom. The van der Waals surface area contributed by atoms with Crippen LogP contribution in [0.15, 0.2) is 42.5 Å². The predicted molar refractivity (Wildman–Crippen MR) is 78.8 cm³/mol. The number of methoxy groups -OCH3 is 1. The smallest absolute Gasteiger partial charge is 0.311 e. The third kappa shape index (κ3) is 3.17. The predicted octanol–water partition coefficient (Wildman–Crippen LogP) is 3.16. The normalized spacial score (nSPS) is 10.0. The van der Waals surface area contributed by atoms with E-state index >= 15 is 0 Å². The lowest BCUT2D eigenvalue weighted by atomic mass is 10.1. The molecule has 1 N–H and O–H groups in total. The number of aryl methyl sites for hydroxylation is 1. The van der Waals surface area contributed by atoms with Gasteiger partial charge in [-0.15, -0.1) is 0 Å². The highest BCUT2D eigenvalue weighted by Gasteiger charge is 2.18. The molecule has 0 aliphatic carbocycles. The second kappa shape index (κ2) is 6.04. The van der Waals surface area contributed by atoms with Crippen LogP contribution in [0.1, 0.15) is 15.9 Å². The van der Waals surface area contributed by atoms with Crippen molar-refractivity contribution in [3.05, 3.63) is 63.7 Å². The first-order valence-electron chi connectivity index (χ1n) is 6.22. The zero-order valence-electron chi connectivity index (χ0n) is 11.6. The zero-order valence-corrected chi connectivity index (χ0v) is 11.6. The number of benzene rings is 2. The summed E-state index contributed by atoms with van der Waals surface area (Å²) in [4.78, 5) is 22.5. The molecule has 0 fully saturated rings. The molecule has 0 bridgehead atoms. The number of nitrogens with one attached hydrogen (secondary N) is 1. The van der Waals surface area contributed by atoms with Crippen molar-refractivity contribution in [2.45, 2.75) is 6.92 Å². The number of carbonyl (C=O) groups is 1. The molecular weight excluding hydrogens is 272 g/mol. The average Bonchev–Trinajstić information content (AvgIpc) is 2.48. The number of amides is 1. The Labute approximate surface area is 121 Å². The Bertz CT molecular complexity index is 698. The highest BCUT2D eigenvalue weighted by atomic mass is 16.6. The Hall–Kier alpha value is -2.89. The Kier molecular flexibility index (Phi) is 4.18. The maximum absolute atomic E-state index is 12.2. The van der Waals surface area contributed by atoms with Gasteiger partial charge in [0, 0.05) is 17.3 Å². The van der Waals surface area contributed by atoms with Gasteiger partial charge in [-0.2, -0.15) is 0 Å². The number of nitro benzene ring substituents is 1. The Morgan fingerprint density at radius 3 is 2.57 bits per heavy atom. The third-order valence-electron chi connectivity index (χ3n) is 3.03. The quantitative estimate of drug-likeness (QED) is 0.691. The number of nitro groups is 1.